The minimum absolute atomic E-state index is 0.109. The summed E-state index contributed by atoms with van der Waals surface area (Å²) in [6.45, 7) is 2.62. The highest BCUT2D eigenvalue weighted by Gasteiger charge is 2.17. The molecule has 1 fully saturated rings. The quantitative estimate of drug-likeness (QED) is 0.798. The van der Waals surface area contributed by atoms with Gasteiger partial charge in [-0.1, -0.05) is 0 Å². The maximum atomic E-state index is 8.78. The van der Waals surface area contributed by atoms with Gasteiger partial charge < -0.3 is 20.5 Å². The zero-order chi connectivity index (χ0) is 12.8. The zero-order valence-electron chi connectivity index (χ0n) is 10.7. The molecule has 1 aromatic rings. The molecule has 0 bridgehead atoms. The standard InChI is InChI=1S/C14H22N2O2/c15-12-3-5-13(6-4-12)16-8-1-2-14(7-9-16)18-11-10-17/h3-6,14,17H,1-2,7-11,15H2. The van der Waals surface area contributed by atoms with Gasteiger partial charge in [-0.25, -0.2) is 0 Å². The van der Waals surface area contributed by atoms with Gasteiger partial charge in [0.05, 0.1) is 19.3 Å². The van der Waals surface area contributed by atoms with E-state index in [2.05, 4.69) is 17.0 Å². The number of nitrogens with two attached hydrogens (primary N) is 1. The average molecular weight is 250 g/mol. The molecule has 1 heterocycles. The van der Waals surface area contributed by atoms with Gasteiger partial charge in [0.25, 0.3) is 0 Å². The van der Waals surface area contributed by atoms with Crippen molar-refractivity contribution in [2.45, 2.75) is 25.4 Å². The zero-order valence-corrected chi connectivity index (χ0v) is 10.7. The van der Waals surface area contributed by atoms with Gasteiger partial charge >= 0.3 is 0 Å². The van der Waals surface area contributed by atoms with Crippen molar-refractivity contribution in [3.05, 3.63) is 24.3 Å². The summed E-state index contributed by atoms with van der Waals surface area (Å²) in [6.07, 6.45) is 3.51. The van der Waals surface area contributed by atoms with Crippen molar-refractivity contribution in [2.75, 3.05) is 36.9 Å². The number of hydrogen-bond acceptors (Lipinski definition) is 4. The van der Waals surface area contributed by atoms with Crippen LogP contribution < -0.4 is 10.6 Å². The second-order valence-corrected chi connectivity index (χ2v) is 4.73. The van der Waals surface area contributed by atoms with E-state index >= 15 is 0 Å². The molecule has 18 heavy (non-hydrogen) atoms. The lowest BCUT2D eigenvalue weighted by Crippen LogP contribution is -2.25. The molecule has 0 radical (unpaired) electrons. The van der Waals surface area contributed by atoms with Gasteiger partial charge in [-0.2, -0.15) is 0 Å². The Morgan fingerprint density at radius 2 is 2.00 bits per heavy atom. The van der Waals surface area contributed by atoms with Crippen molar-refractivity contribution in [3.63, 3.8) is 0 Å². The third-order valence-corrected chi connectivity index (χ3v) is 3.38. The van der Waals surface area contributed by atoms with Crippen molar-refractivity contribution in [1.82, 2.24) is 0 Å². The predicted octanol–water partition coefficient (Wildman–Crippen LogP) is 1.64. The molecule has 3 N–H and O–H groups in total. The van der Waals surface area contributed by atoms with Crippen molar-refractivity contribution in [2.24, 2.45) is 0 Å². The molecular weight excluding hydrogens is 228 g/mol. The van der Waals surface area contributed by atoms with E-state index < -0.39 is 0 Å². The lowest BCUT2D eigenvalue weighted by atomic mass is 10.2. The Hall–Kier alpha value is -1.26. The van der Waals surface area contributed by atoms with Crippen LogP contribution in [0.3, 0.4) is 0 Å². The van der Waals surface area contributed by atoms with E-state index in [0.29, 0.717) is 6.61 Å². The summed E-state index contributed by atoms with van der Waals surface area (Å²) < 4.78 is 5.62. The van der Waals surface area contributed by atoms with Crippen molar-refractivity contribution >= 4 is 11.4 Å². The Kier molecular flexibility index (Phi) is 4.84. The van der Waals surface area contributed by atoms with E-state index in [1.165, 1.54) is 5.69 Å². The van der Waals surface area contributed by atoms with Crippen LogP contribution >= 0.6 is 0 Å². The highest BCUT2D eigenvalue weighted by atomic mass is 16.5. The maximum Gasteiger partial charge on any atom is 0.0701 e. The highest BCUT2D eigenvalue weighted by Crippen LogP contribution is 2.21. The number of nitrogen functional groups attached to an aromatic ring is 1. The largest absolute Gasteiger partial charge is 0.399 e. The van der Waals surface area contributed by atoms with E-state index in [-0.39, 0.29) is 12.7 Å². The molecule has 1 aromatic carbocycles. The summed E-state index contributed by atoms with van der Waals surface area (Å²) in [5.74, 6) is 0. The summed E-state index contributed by atoms with van der Waals surface area (Å²) in [7, 11) is 0. The number of aliphatic hydroxyl groups excluding tert-OH is 1. The predicted molar refractivity (Wildman–Crippen MR) is 73.7 cm³/mol. The molecule has 1 saturated heterocycles. The van der Waals surface area contributed by atoms with E-state index in [1.54, 1.807) is 0 Å². The van der Waals surface area contributed by atoms with Gasteiger partial charge in [0, 0.05) is 24.5 Å². The van der Waals surface area contributed by atoms with E-state index in [9.17, 15) is 0 Å². The van der Waals surface area contributed by atoms with Gasteiger partial charge in [-0.15, -0.1) is 0 Å². The molecule has 0 aliphatic carbocycles. The van der Waals surface area contributed by atoms with Crippen LogP contribution in [0, 0.1) is 0 Å². The van der Waals surface area contributed by atoms with Crippen LogP contribution in [0.25, 0.3) is 0 Å². The van der Waals surface area contributed by atoms with Crippen LogP contribution in [0.5, 0.6) is 0 Å². The number of ether oxygens (including phenoxy) is 1. The van der Waals surface area contributed by atoms with Crippen LogP contribution in [0.15, 0.2) is 24.3 Å². The molecule has 1 aliphatic heterocycles. The molecule has 0 saturated carbocycles. The average Bonchev–Trinajstić information content (AvgIpc) is 2.63. The van der Waals surface area contributed by atoms with Gasteiger partial charge in [-0.05, 0) is 43.5 Å². The molecule has 0 amide bonds. The van der Waals surface area contributed by atoms with Crippen molar-refractivity contribution in [1.29, 1.82) is 0 Å². The molecule has 2 rings (SSSR count). The molecule has 1 atom stereocenters. The highest BCUT2D eigenvalue weighted by molar-refractivity contribution is 5.53. The normalized spacial score (nSPS) is 20.7. The second-order valence-electron chi connectivity index (χ2n) is 4.73. The van der Waals surface area contributed by atoms with Crippen LogP contribution in [0.4, 0.5) is 11.4 Å². The third kappa shape index (κ3) is 3.62. The van der Waals surface area contributed by atoms with E-state index in [4.69, 9.17) is 15.6 Å². The van der Waals surface area contributed by atoms with Gasteiger partial charge in [0.2, 0.25) is 0 Å². The number of anilines is 2. The van der Waals surface area contributed by atoms with Crippen LogP contribution in [0.2, 0.25) is 0 Å². The Labute approximate surface area is 108 Å². The fourth-order valence-corrected chi connectivity index (χ4v) is 2.40. The maximum absolute atomic E-state index is 8.78. The molecule has 0 spiro atoms. The molecule has 4 heteroatoms. The smallest absolute Gasteiger partial charge is 0.0701 e. The summed E-state index contributed by atoms with van der Waals surface area (Å²) in [4.78, 5) is 2.38. The Morgan fingerprint density at radius 1 is 1.22 bits per heavy atom. The summed E-state index contributed by atoms with van der Waals surface area (Å²) in [6, 6.07) is 8.04. The van der Waals surface area contributed by atoms with Gasteiger partial charge in [0.15, 0.2) is 0 Å². The lowest BCUT2D eigenvalue weighted by Gasteiger charge is -2.23. The summed E-state index contributed by atoms with van der Waals surface area (Å²) >= 11 is 0. The second kappa shape index (κ2) is 6.61. The summed E-state index contributed by atoms with van der Waals surface area (Å²) in [5.41, 5.74) is 7.73. The van der Waals surface area contributed by atoms with E-state index in [1.807, 2.05) is 12.1 Å². The monoisotopic (exact) mass is 250 g/mol. The van der Waals surface area contributed by atoms with Crippen molar-refractivity contribution < 1.29 is 9.84 Å². The lowest BCUT2D eigenvalue weighted by molar-refractivity contribution is 0.0228. The number of nitrogens with zero attached hydrogens (tertiary/aromatic N) is 1. The van der Waals surface area contributed by atoms with Gasteiger partial charge in [0.1, 0.15) is 0 Å². The summed E-state index contributed by atoms with van der Waals surface area (Å²) in [5, 5.41) is 8.78. The first-order valence-corrected chi connectivity index (χ1v) is 6.62. The number of rotatable bonds is 4. The Bertz CT molecular complexity index is 353. The SMILES string of the molecule is Nc1ccc(N2CCCC(OCCO)CC2)cc1. The molecule has 4 nitrogen and oxygen atoms in total. The van der Waals surface area contributed by atoms with Crippen LogP contribution in [-0.2, 0) is 4.74 Å². The van der Waals surface area contributed by atoms with Crippen molar-refractivity contribution in [3.8, 4) is 0 Å². The molecule has 0 aromatic heterocycles. The first-order valence-electron chi connectivity index (χ1n) is 6.62. The fraction of sp³-hybridized carbons (Fsp3) is 0.571. The fourth-order valence-electron chi connectivity index (χ4n) is 2.40. The van der Waals surface area contributed by atoms with Crippen LogP contribution in [-0.4, -0.2) is 37.5 Å². The number of benzene rings is 1. The van der Waals surface area contributed by atoms with Gasteiger partial charge in [-0.3, -0.25) is 0 Å². The number of aliphatic hydroxyl groups is 1. The molecule has 100 valence electrons. The molecule has 1 unspecified atom stereocenters. The minimum atomic E-state index is 0.109. The molecule has 1 aliphatic rings. The Morgan fingerprint density at radius 3 is 2.72 bits per heavy atom. The molecular formula is C14H22N2O2. The minimum Gasteiger partial charge on any atom is -0.399 e. The first kappa shape index (κ1) is 13.2. The Balaban J connectivity index is 1.90. The van der Waals surface area contributed by atoms with Crippen LogP contribution in [0.1, 0.15) is 19.3 Å². The van der Waals surface area contributed by atoms with E-state index in [0.717, 1.165) is 38.0 Å². The first-order chi connectivity index (χ1) is 8.79. The number of hydrogen-bond donors (Lipinski definition) is 2. The topological polar surface area (TPSA) is 58.7 Å². The third-order valence-electron chi connectivity index (χ3n) is 3.38.